The van der Waals surface area contributed by atoms with Gasteiger partial charge in [0.25, 0.3) is 0 Å². The summed E-state index contributed by atoms with van der Waals surface area (Å²) in [6, 6.07) is 11.9. The Labute approximate surface area is 142 Å². The molecule has 0 aliphatic carbocycles. The molecule has 1 atom stereocenters. The normalized spacial score (nSPS) is 12.6. The summed E-state index contributed by atoms with van der Waals surface area (Å²) >= 11 is -2.54. The Hall–Kier alpha value is -2.03. The number of sulfone groups is 1. The summed E-state index contributed by atoms with van der Waals surface area (Å²) in [5.74, 6) is -0.913. The molecule has 0 saturated heterocycles. The van der Waals surface area contributed by atoms with Crippen LogP contribution in [0.3, 0.4) is 0 Å². The summed E-state index contributed by atoms with van der Waals surface area (Å²) in [6.45, 7) is 1.14. The fourth-order valence-corrected chi connectivity index (χ4v) is 4.33. The number of esters is 1. The van der Waals surface area contributed by atoms with E-state index in [1.54, 1.807) is 0 Å². The van der Waals surface area contributed by atoms with Gasteiger partial charge in [0.2, 0.25) is 0 Å². The molecule has 8 heteroatoms. The maximum absolute atomic E-state index is 12.1. The topological polar surface area (TPSA) is 97.7 Å². The highest BCUT2D eigenvalue weighted by Crippen LogP contribution is 2.34. The van der Waals surface area contributed by atoms with Crippen molar-refractivity contribution in [2.75, 3.05) is 6.26 Å². The molecule has 24 heavy (non-hydrogen) atoms. The zero-order valence-corrected chi connectivity index (χ0v) is 14.7. The predicted molar refractivity (Wildman–Crippen MR) is 89.1 cm³/mol. The van der Waals surface area contributed by atoms with Crippen molar-refractivity contribution in [3.63, 3.8) is 0 Å². The average Bonchev–Trinajstić information content (AvgIpc) is 2.47. The third-order valence-corrected chi connectivity index (χ3v) is 5.19. The van der Waals surface area contributed by atoms with E-state index in [-0.39, 0.29) is 10.6 Å². The van der Waals surface area contributed by atoms with Crippen molar-refractivity contribution in [2.45, 2.75) is 23.1 Å². The highest BCUT2D eigenvalue weighted by molar-refractivity contribution is 7.91. The van der Waals surface area contributed by atoms with Crippen LogP contribution in [-0.4, -0.2) is 29.4 Å². The van der Waals surface area contributed by atoms with Crippen molar-refractivity contribution < 1.29 is 26.7 Å². The van der Waals surface area contributed by atoms with E-state index < -0.39 is 31.8 Å². The molecule has 1 N–H and O–H groups in total. The van der Waals surface area contributed by atoms with Crippen molar-refractivity contribution in [1.82, 2.24) is 0 Å². The highest BCUT2D eigenvalue weighted by atomic mass is 32.2. The summed E-state index contributed by atoms with van der Waals surface area (Å²) in [5.41, 5.74) is 1.31. The number of benzene rings is 2. The van der Waals surface area contributed by atoms with E-state index in [0.29, 0.717) is 12.0 Å². The fourth-order valence-electron chi connectivity index (χ4n) is 2.28. The van der Waals surface area contributed by atoms with Gasteiger partial charge in [-0.1, -0.05) is 36.4 Å². The van der Waals surface area contributed by atoms with Gasteiger partial charge in [-0.05, 0) is 11.6 Å². The Morgan fingerprint density at radius 1 is 1.17 bits per heavy atom. The molecule has 2 aromatic rings. The molecule has 0 amide bonds. The van der Waals surface area contributed by atoms with E-state index in [1.807, 2.05) is 30.3 Å². The number of rotatable bonds is 5. The Morgan fingerprint density at radius 2 is 1.79 bits per heavy atom. The lowest BCUT2D eigenvalue weighted by atomic mass is 10.0. The van der Waals surface area contributed by atoms with E-state index in [9.17, 15) is 22.0 Å². The number of ether oxygens (including phenoxy) is 1. The largest absolute Gasteiger partial charge is 0.425 e. The molecule has 1 unspecified atom stereocenters. The minimum Gasteiger partial charge on any atom is -0.425 e. The fraction of sp³-hybridized carbons (Fsp3) is 0.188. The molecule has 0 aliphatic heterocycles. The summed E-state index contributed by atoms with van der Waals surface area (Å²) in [4.78, 5) is 10.7. The van der Waals surface area contributed by atoms with Crippen molar-refractivity contribution in [3.05, 3.63) is 53.6 Å². The standard InChI is InChI=1S/C16H16O6S2/c1-11(17)22-15-13(10-12-6-4-3-5-7-12)8-9-14(23(18)19)16(15)24(2,20)21/h3-9H,10H2,1-2H3,(H,18,19). The molecule has 6 nitrogen and oxygen atoms in total. The molecule has 0 spiro atoms. The first-order valence-corrected chi connectivity index (χ1v) is 9.89. The second-order valence-electron chi connectivity index (χ2n) is 5.16. The van der Waals surface area contributed by atoms with Crippen LogP contribution in [0.15, 0.2) is 52.3 Å². The SMILES string of the molecule is CC(=O)Oc1c(Cc2ccccc2)ccc(S(=O)O)c1S(C)(=O)=O. The monoisotopic (exact) mass is 368 g/mol. The van der Waals surface area contributed by atoms with E-state index in [0.717, 1.165) is 18.7 Å². The van der Waals surface area contributed by atoms with Gasteiger partial charge in [-0.25, -0.2) is 12.6 Å². The lowest BCUT2D eigenvalue weighted by molar-refractivity contribution is -0.132. The quantitative estimate of drug-likeness (QED) is 0.493. The molecule has 0 aliphatic rings. The van der Waals surface area contributed by atoms with E-state index in [2.05, 4.69) is 0 Å². The molecule has 128 valence electrons. The van der Waals surface area contributed by atoms with E-state index in [4.69, 9.17) is 4.74 Å². The zero-order valence-electron chi connectivity index (χ0n) is 13.1. The summed E-state index contributed by atoms with van der Waals surface area (Å²) in [6.07, 6.45) is 1.21. The Kier molecular flexibility index (Phi) is 5.53. The lowest BCUT2D eigenvalue weighted by Crippen LogP contribution is -2.13. The third kappa shape index (κ3) is 4.28. The van der Waals surface area contributed by atoms with Crippen molar-refractivity contribution in [2.24, 2.45) is 0 Å². The molecule has 2 aromatic carbocycles. The van der Waals surface area contributed by atoms with E-state index in [1.165, 1.54) is 12.1 Å². The van der Waals surface area contributed by atoms with Gasteiger partial charge in [0, 0.05) is 25.2 Å². The maximum atomic E-state index is 12.1. The first kappa shape index (κ1) is 18.3. The van der Waals surface area contributed by atoms with Crippen LogP contribution in [0.25, 0.3) is 0 Å². The molecule has 2 rings (SSSR count). The Bertz CT molecular complexity index is 888. The summed E-state index contributed by atoms with van der Waals surface area (Å²) < 4.78 is 50.2. The number of hydrogen-bond donors (Lipinski definition) is 1. The van der Waals surface area contributed by atoms with Gasteiger partial charge in [0.15, 0.2) is 26.7 Å². The van der Waals surface area contributed by atoms with Crippen molar-refractivity contribution in [3.8, 4) is 5.75 Å². The van der Waals surface area contributed by atoms with Gasteiger partial charge < -0.3 is 9.29 Å². The zero-order chi connectivity index (χ0) is 17.9. The first-order valence-electron chi connectivity index (χ1n) is 6.89. The Balaban J connectivity index is 2.71. The molecule has 0 fully saturated rings. The number of hydrogen-bond acceptors (Lipinski definition) is 5. The second kappa shape index (κ2) is 7.25. The van der Waals surface area contributed by atoms with Crippen LogP contribution in [-0.2, 0) is 32.1 Å². The second-order valence-corrected chi connectivity index (χ2v) is 8.05. The minimum absolute atomic E-state index is 0.200. The minimum atomic E-state index is -3.90. The van der Waals surface area contributed by atoms with Gasteiger partial charge in [-0.15, -0.1) is 0 Å². The van der Waals surface area contributed by atoms with Crippen LogP contribution in [0.5, 0.6) is 5.75 Å². The number of carbonyl (C=O) groups is 1. The van der Waals surface area contributed by atoms with Gasteiger partial charge >= 0.3 is 5.97 Å². The van der Waals surface area contributed by atoms with Crippen LogP contribution < -0.4 is 4.74 Å². The molecule has 0 bridgehead atoms. The molecular weight excluding hydrogens is 352 g/mol. The molecule has 0 aromatic heterocycles. The van der Waals surface area contributed by atoms with Gasteiger partial charge in [-0.2, -0.15) is 0 Å². The molecular formula is C16H16O6S2. The lowest BCUT2D eigenvalue weighted by Gasteiger charge is -2.15. The Morgan fingerprint density at radius 3 is 2.29 bits per heavy atom. The smallest absolute Gasteiger partial charge is 0.308 e. The van der Waals surface area contributed by atoms with Crippen molar-refractivity contribution >= 4 is 26.9 Å². The van der Waals surface area contributed by atoms with Crippen LogP contribution in [0.2, 0.25) is 0 Å². The third-order valence-electron chi connectivity index (χ3n) is 3.20. The van der Waals surface area contributed by atoms with Crippen LogP contribution >= 0.6 is 0 Å². The van der Waals surface area contributed by atoms with Gasteiger partial charge in [-0.3, -0.25) is 4.79 Å². The summed E-state index contributed by atoms with van der Waals surface area (Å²) in [5, 5.41) is 0. The summed E-state index contributed by atoms with van der Waals surface area (Å²) in [7, 11) is -3.90. The maximum Gasteiger partial charge on any atom is 0.308 e. The predicted octanol–water partition coefficient (Wildman–Crippen LogP) is 2.19. The van der Waals surface area contributed by atoms with Gasteiger partial charge in [0.05, 0.1) is 4.90 Å². The molecule has 0 radical (unpaired) electrons. The molecule has 0 saturated carbocycles. The number of carbonyl (C=O) groups excluding carboxylic acids is 1. The van der Waals surface area contributed by atoms with Crippen LogP contribution in [0.1, 0.15) is 18.1 Å². The van der Waals surface area contributed by atoms with Gasteiger partial charge in [0.1, 0.15) is 4.90 Å². The van der Waals surface area contributed by atoms with E-state index >= 15 is 0 Å². The highest BCUT2D eigenvalue weighted by Gasteiger charge is 2.26. The van der Waals surface area contributed by atoms with Crippen LogP contribution in [0.4, 0.5) is 0 Å². The average molecular weight is 368 g/mol. The first-order chi connectivity index (χ1) is 11.2. The van der Waals surface area contributed by atoms with Crippen LogP contribution in [0, 0.1) is 0 Å². The van der Waals surface area contributed by atoms with Crippen molar-refractivity contribution in [1.29, 1.82) is 0 Å². The molecule has 0 heterocycles.